The molecule has 7 heteroatoms. The molecule has 1 saturated heterocycles. The molecule has 2 aliphatic rings. The summed E-state index contributed by atoms with van der Waals surface area (Å²) in [7, 11) is 0. The van der Waals surface area contributed by atoms with E-state index in [0.717, 1.165) is 50.5 Å². The van der Waals surface area contributed by atoms with E-state index in [-0.39, 0.29) is 18.3 Å². The van der Waals surface area contributed by atoms with Crippen molar-refractivity contribution in [1.29, 1.82) is 0 Å². The minimum Gasteiger partial charge on any atom is -0.351 e. The Balaban J connectivity index is 0.00000192. The monoisotopic (exact) mass is 341 g/mol. The summed E-state index contributed by atoms with van der Waals surface area (Å²) in [6, 6.07) is 0.369. The summed E-state index contributed by atoms with van der Waals surface area (Å²) in [5.41, 5.74) is 1.38. The van der Waals surface area contributed by atoms with Gasteiger partial charge in [-0.15, -0.1) is 17.5 Å². The van der Waals surface area contributed by atoms with Crippen LogP contribution in [0.5, 0.6) is 0 Å². The molecule has 6 nitrogen and oxygen atoms in total. The summed E-state index contributed by atoms with van der Waals surface area (Å²) in [6.07, 6.45) is 8.53. The predicted octanol–water partition coefficient (Wildman–Crippen LogP) is 2.24. The number of piperidine rings is 1. The number of carbonyl (C=O) groups excluding carboxylic acids is 1. The minimum absolute atomic E-state index is 0. The summed E-state index contributed by atoms with van der Waals surface area (Å²) in [5, 5.41) is 14.7. The van der Waals surface area contributed by atoms with E-state index in [2.05, 4.69) is 20.9 Å². The number of halogens is 1. The molecule has 130 valence electrons. The minimum atomic E-state index is -0.0734. The zero-order valence-corrected chi connectivity index (χ0v) is 14.7. The van der Waals surface area contributed by atoms with Crippen LogP contribution < -0.4 is 10.6 Å². The molecule has 2 N–H and O–H groups in total. The van der Waals surface area contributed by atoms with Gasteiger partial charge in [-0.25, -0.2) is 4.68 Å². The van der Waals surface area contributed by atoms with E-state index < -0.39 is 0 Å². The summed E-state index contributed by atoms with van der Waals surface area (Å²) >= 11 is 0. The molecule has 23 heavy (non-hydrogen) atoms. The molecule has 2 heterocycles. The van der Waals surface area contributed by atoms with Crippen molar-refractivity contribution in [1.82, 2.24) is 25.6 Å². The molecule has 0 unspecified atom stereocenters. The zero-order chi connectivity index (χ0) is 15.4. The van der Waals surface area contributed by atoms with Gasteiger partial charge < -0.3 is 10.6 Å². The fraction of sp³-hybridized carbons (Fsp3) is 0.812. The Morgan fingerprint density at radius 1 is 1.26 bits per heavy atom. The highest BCUT2D eigenvalue weighted by molar-refractivity contribution is 5.93. The molecule has 1 amide bonds. The number of nitrogens with one attached hydrogen (secondary N) is 2. The first-order chi connectivity index (χ1) is 10.8. The van der Waals surface area contributed by atoms with Crippen molar-refractivity contribution in [3.8, 4) is 0 Å². The molecule has 1 aliphatic carbocycles. The van der Waals surface area contributed by atoms with Crippen molar-refractivity contribution in [3.05, 3.63) is 11.4 Å². The van der Waals surface area contributed by atoms with Crippen molar-refractivity contribution < 1.29 is 4.79 Å². The van der Waals surface area contributed by atoms with Crippen LogP contribution in [-0.4, -0.2) is 40.5 Å². The summed E-state index contributed by atoms with van der Waals surface area (Å²) in [5.74, 6) is 0.725. The third kappa shape index (κ3) is 4.44. The van der Waals surface area contributed by atoms with Crippen molar-refractivity contribution in [2.75, 3.05) is 19.6 Å². The fourth-order valence-corrected chi connectivity index (χ4v) is 3.72. The second kappa shape index (κ2) is 8.64. The molecular formula is C16H28ClN5O. The predicted molar refractivity (Wildman–Crippen MR) is 92.1 cm³/mol. The average Bonchev–Trinajstić information content (AvgIpc) is 3.18. The lowest BCUT2D eigenvalue weighted by Crippen LogP contribution is -2.30. The Bertz CT molecular complexity index is 507. The number of hydrogen-bond donors (Lipinski definition) is 2. The standard InChI is InChI=1S/C16H27N5O.ClH/c1-12-15(16(22)18-11-6-13-4-2-3-5-13)19-20-21(12)14-7-9-17-10-8-14;/h13-14,17H,2-11H2,1H3,(H,18,22);1H. The number of aromatic nitrogens is 3. The molecule has 2 fully saturated rings. The topological polar surface area (TPSA) is 71.8 Å². The van der Waals surface area contributed by atoms with Gasteiger partial charge >= 0.3 is 0 Å². The van der Waals surface area contributed by atoms with Crippen LogP contribution in [0.2, 0.25) is 0 Å². The van der Waals surface area contributed by atoms with Crippen molar-refractivity contribution >= 4 is 18.3 Å². The van der Waals surface area contributed by atoms with E-state index in [4.69, 9.17) is 0 Å². The van der Waals surface area contributed by atoms with Gasteiger partial charge in [-0.3, -0.25) is 4.79 Å². The molecule has 0 aromatic carbocycles. The van der Waals surface area contributed by atoms with Gasteiger partial charge in [-0.2, -0.15) is 0 Å². The van der Waals surface area contributed by atoms with Gasteiger partial charge in [0.05, 0.1) is 11.7 Å². The number of amides is 1. The molecule has 0 atom stereocenters. The first-order valence-corrected chi connectivity index (χ1v) is 8.66. The van der Waals surface area contributed by atoms with E-state index in [9.17, 15) is 4.79 Å². The van der Waals surface area contributed by atoms with Crippen LogP contribution in [0.4, 0.5) is 0 Å². The smallest absolute Gasteiger partial charge is 0.273 e. The highest BCUT2D eigenvalue weighted by Gasteiger charge is 2.23. The Morgan fingerprint density at radius 2 is 1.96 bits per heavy atom. The van der Waals surface area contributed by atoms with E-state index in [1.165, 1.54) is 25.7 Å². The van der Waals surface area contributed by atoms with Crippen LogP contribution in [0.15, 0.2) is 0 Å². The number of nitrogens with zero attached hydrogens (tertiary/aromatic N) is 3. The molecule has 0 bridgehead atoms. The summed E-state index contributed by atoms with van der Waals surface area (Å²) in [6.45, 7) is 4.72. The third-order valence-corrected chi connectivity index (χ3v) is 5.11. The number of carbonyl (C=O) groups is 1. The molecule has 0 radical (unpaired) electrons. The molecule has 1 saturated carbocycles. The first-order valence-electron chi connectivity index (χ1n) is 8.66. The first kappa shape index (κ1) is 18.2. The Kier molecular flexibility index (Phi) is 6.84. The van der Waals surface area contributed by atoms with Gasteiger partial charge in [-0.05, 0) is 45.2 Å². The number of hydrogen-bond acceptors (Lipinski definition) is 4. The van der Waals surface area contributed by atoms with Crippen LogP contribution >= 0.6 is 12.4 Å². The Hall–Kier alpha value is -1.14. The SMILES string of the molecule is Cc1c(C(=O)NCCC2CCCC2)nnn1C1CCNCC1.Cl. The molecule has 0 spiro atoms. The van der Waals surface area contributed by atoms with E-state index in [1.54, 1.807) is 0 Å². The number of rotatable bonds is 5. The lowest BCUT2D eigenvalue weighted by Gasteiger charge is -2.23. The van der Waals surface area contributed by atoms with E-state index in [1.807, 2.05) is 11.6 Å². The highest BCUT2D eigenvalue weighted by Crippen LogP contribution is 2.27. The van der Waals surface area contributed by atoms with Gasteiger partial charge in [0, 0.05) is 6.54 Å². The van der Waals surface area contributed by atoms with Crippen molar-refractivity contribution in [2.45, 2.75) is 57.9 Å². The van der Waals surface area contributed by atoms with Crippen LogP contribution in [0.1, 0.15) is 67.2 Å². The van der Waals surface area contributed by atoms with Crippen LogP contribution in [0, 0.1) is 12.8 Å². The maximum Gasteiger partial charge on any atom is 0.273 e. The second-order valence-electron chi connectivity index (χ2n) is 6.64. The Labute approximate surface area is 144 Å². The van der Waals surface area contributed by atoms with Crippen LogP contribution in [0.25, 0.3) is 0 Å². The molecule has 1 aromatic heterocycles. The maximum atomic E-state index is 12.3. The van der Waals surface area contributed by atoms with E-state index in [0.29, 0.717) is 11.7 Å². The van der Waals surface area contributed by atoms with Crippen molar-refractivity contribution in [3.63, 3.8) is 0 Å². The van der Waals surface area contributed by atoms with Crippen LogP contribution in [0.3, 0.4) is 0 Å². The quantitative estimate of drug-likeness (QED) is 0.861. The molecular weight excluding hydrogens is 314 g/mol. The largest absolute Gasteiger partial charge is 0.351 e. The molecule has 1 aliphatic heterocycles. The van der Waals surface area contributed by atoms with Gasteiger partial charge in [0.15, 0.2) is 5.69 Å². The zero-order valence-electron chi connectivity index (χ0n) is 13.9. The van der Waals surface area contributed by atoms with Gasteiger partial charge in [0.1, 0.15) is 0 Å². The van der Waals surface area contributed by atoms with Gasteiger partial charge in [0.25, 0.3) is 5.91 Å². The van der Waals surface area contributed by atoms with E-state index >= 15 is 0 Å². The summed E-state index contributed by atoms with van der Waals surface area (Å²) < 4.78 is 1.94. The van der Waals surface area contributed by atoms with Crippen LogP contribution in [-0.2, 0) is 0 Å². The average molecular weight is 342 g/mol. The lowest BCUT2D eigenvalue weighted by molar-refractivity contribution is 0.0945. The second-order valence-corrected chi connectivity index (χ2v) is 6.64. The third-order valence-electron chi connectivity index (χ3n) is 5.11. The van der Waals surface area contributed by atoms with Gasteiger partial charge in [-0.1, -0.05) is 30.9 Å². The maximum absolute atomic E-state index is 12.3. The molecule has 3 rings (SSSR count). The Morgan fingerprint density at radius 3 is 2.65 bits per heavy atom. The van der Waals surface area contributed by atoms with Gasteiger partial charge in [0.2, 0.25) is 0 Å². The van der Waals surface area contributed by atoms with Crippen molar-refractivity contribution in [2.24, 2.45) is 5.92 Å². The molecule has 1 aromatic rings. The fourth-order valence-electron chi connectivity index (χ4n) is 3.72. The highest BCUT2D eigenvalue weighted by atomic mass is 35.5. The lowest BCUT2D eigenvalue weighted by atomic mass is 10.0. The summed E-state index contributed by atoms with van der Waals surface area (Å²) in [4.78, 5) is 12.3. The normalized spacial score (nSPS) is 19.5.